The Morgan fingerprint density at radius 2 is 2.13 bits per heavy atom. The largest absolute Gasteiger partial charge is 0.370 e. The summed E-state index contributed by atoms with van der Waals surface area (Å²) in [5.41, 5.74) is 2.09. The van der Waals surface area contributed by atoms with E-state index >= 15 is 0 Å². The number of rotatable bonds is 3. The van der Waals surface area contributed by atoms with Gasteiger partial charge in [-0.25, -0.2) is 4.39 Å². The van der Waals surface area contributed by atoms with Crippen LogP contribution in [-0.2, 0) is 11.2 Å². The lowest BCUT2D eigenvalue weighted by Crippen LogP contribution is -2.42. The molecule has 1 aromatic heterocycles. The molecular weight excluding hydrogens is 299 g/mol. The number of benzene rings is 1. The molecule has 2 aromatic rings. The third kappa shape index (κ3) is 3.12. The van der Waals surface area contributed by atoms with Crippen molar-refractivity contribution in [3.63, 3.8) is 0 Å². The van der Waals surface area contributed by atoms with Crippen LogP contribution >= 0.6 is 0 Å². The molecule has 5 nitrogen and oxygen atoms in total. The van der Waals surface area contributed by atoms with E-state index in [4.69, 9.17) is 9.26 Å². The molecule has 0 saturated carbocycles. The van der Waals surface area contributed by atoms with Crippen LogP contribution in [0.3, 0.4) is 0 Å². The van der Waals surface area contributed by atoms with Crippen molar-refractivity contribution in [1.82, 2.24) is 10.1 Å². The minimum Gasteiger partial charge on any atom is -0.370 e. The highest BCUT2D eigenvalue weighted by Gasteiger charge is 2.29. The van der Waals surface area contributed by atoms with Crippen LogP contribution in [0.5, 0.6) is 0 Å². The standard InChI is InChI=1S/C17H19FN2O3/c1-3-14-16(11(2)23-19-14)17(21)20-8-9-22-15(10-20)12-4-6-13(18)7-5-12/h4-7,15H,3,8-10H2,1-2H3. The van der Waals surface area contributed by atoms with Crippen molar-refractivity contribution in [2.45, 2.75) is 26.4 Å². The van der Waals surface area contributed by atoms with E-state index in [0.717, 1.165) is 5.56 Å². The topological polar surface area (TPSA) is 55.6 Å². The van der Waals surface area contributed by atoms with Crippen LogP contribution in [0.2, 0.25) is 0 Å². The van der Waals surface area contributed by atoms with Crippen LogP contribution in [0.15, 0.2) is 28.8 Å². The Kier molecular flexibility index (Phi) is 4.43. The molecule has 1 aliphatic rings. The van der Waals surface area contributed by atoms with Crippen molar-refractivity contribution >= 4 is 5.91 Å². The molecule has 23 heavy (non-hydrogen) atoms. The van der Waals surface area contributed by atoms with Gasteiger partial charge in [-0.05, 0) is 31.0 Å². The van der Waals surface area contributed by atoms with Gasteiger partial charge in [0.15, 0.2) is 0 Å². The van der Waals surface area contributed by atoms with Gasteiger partial charge in [0.25, 0.3) is 5.91 Å². The first-order valence-electron chi connectivity index (χ1n) is 7.71. The fourth-order valence-corrected chi connectivity index (χ4v) is 2.80. The third-order valence-corrected chi connectivity index (χ3v) is 4.08. The minimum atomic E-state index is -0.287. The van der Waals surface area contributed by atoms with Crippen molar-refractivity contribution < 1.29 is 18.4 Å². The molecule has 2 heterocycles. The second-order valence-electron chi connectivity index (χ2n) is 5.58. The maximum atomic E-state index is 13.0. The number of carbonyl (C=O) groups excluding carboxylic acids is 1. The van der Waals surface area contributed by atoms with E-state index in [2.05, 4.69) is 5.16 Å². The zero-order valence-corrected chi connectivity index (χ0v) is 13.2. The number of aryl methyl sites for hydroxylation is 2. The second-order valence-corrected chi connectivity index (χ2v) is 5.58. The Morgan fingerprint density at radius 3 is 2.83 bits per heavy atom. The van der Waals surface area contributed by atoms with Crippen LogP contribution in [0, 0.1) is 12.7 Å². The number of carbonyl (C=O) groups is 1. The first kappa shape index (κ1) is 15.7. The Balaban J connectivity index is 1.79. The highest BCUT2D eigenvalue weighted by Crippen LogP contribution is 2.25. The maximum Gasteiger partial charge on any atom is 0.259 e. The van der Waals surface area contributed by atoms with E-state index in [9.17, 15) is 9.18 Å². The van der Waals surface area contributed by atoms with Gasteiger partial charge in [0.2, 0.25) is 0 Å². The van der Waals surface area contributed by atoms with Gasteiger partial charge in [0.1, 0.15) is 23.2 Å². The van der Waals surface area contributed by atoms with Gasteiger partial charge in [0, 0.05) is 6.54 Å². The van der Waals surface area contributed by atoms with E-state index in [0.29, 0.717) is 43.1 Å². The van der Waals surface area contributed by atoms with Crippen LogP contribution in [-0.4, -0.2) is 35.7 Å². The molecule has 1 atom stereocenters. The zero-order chi connectivity index (χ0) is 16.4. The number of amides is 1. The van der Waals surface area contributed by atoms with Crippen LogP contribution < -0.4 is 0 Å². The summed E-state index contributed by atoms with van der Waals surface area (Å²) in [5, 5.41) is 3.94. The molecule has 0 bridgehead atoms. The summed E-state index contributed by atoms with van der Waals surface area (Å²) in [4.78, 5) is 14.5. The minimum absolute atomic E-state index is 0.0870. The number of halogens is 1. The second kappa shape index (κ2) is 6.50. The van der Waals surface area contributed by atoms with Gasteiger partial charge in [0.05, 0.1) is 18.8 Å². The summed E-state index contributed by atoms with van der Waals surface area (Å²) in [5.74, 6) is 0.165. The number of hydrogen-bond donors (Lipinski definition) is 0. The van der Waals surface area contributed by atoms with Crippen molar-refractivity contribution in [1.29, 1.82) is 0 Å². The van der Waals surface area contributed by atoms with Gasteiger partial charge < -0.3 is 14.2 Å². The lowest BCUT2D eigenvalue weighted by Gasteiger charge is -2.33. The predicted molar refractivity (Wildman–Crippen MR) is 81.6 cm³/mol. The van der Waals surface area contributed by atoms with E-state index < -0.39 is 0 Å². The van der Waals surface area contributed by atoms with Gasteiger partial charge in [-0.2, -0.15) is 0 Å². The lowest BCUT2D eigenvalue weighted by molar-refractivity contribution is -0.0229. The number of nitrogens with zero attached hydrogens (tertiary/aromatic N) is 2. The molecule has 1 aromatic carbocycles. The molecule has 1 amide bonds. The van der Waals surface area contributed by atoms with Crippen molar-refractivity contribution in [3.8, 4) is 0 Å². The van der Waals surface area contributed by atoms with Gasteiger partial charge >= 0.3 is 0 Å². The maximum absolute atomic E-state index is 13.0. The fraction of sp³-hybridized carbons (Fsp3) is 0.412. The fourth-order valence-electron chi connectivity index (χ4n) is 2.80. The van der Waals surface area contributed by atoms with Gasteiger partial charge in [-0.15, -0.1) is 0 Å². The monoisotopic (exact) mass is 318 g/mol. The van der Waals surface area contributed by atoms with Crippen molar-refractivity contribution in [3.05, 3.63) is 52.7 Å². The Bertz CT molecular complexity index is 696. The first-order valence-corrected chi connectivity index (χ1v) is 7.71. The van der Waals surface area contributed by atoms with Crippen LogP contribution in [0.25, 0.3) is 0 Å². The Hall–Kier alpha value is -2.21. The highest BCUT2D eigenvalue weighted by molar-refractivity contribution is 5.96. The number of ether oxygens (including phenoxy) is 1. The van der Waals surface area contributed by atoms with E-state index in [-0.39, 0.29) is 17.8 Å². The average Bonchev–Trinajstić information content (AvgIpc) is 2.95. The van der Waals surface area contributed by atoms with Crippen LogP contribution in [0.4, 0.5) is 4.39 Å². The number of aromatic nitrogens is 1. The molecule has 0 radical (unpaired) electrons. The highest BCUT2D eigenvalue weighted by atomic mass is 19.1. The lowest BCUT2D eigenvalue weighted by atomic mass is 10.1. The zero-order valence-electron chi connectivity index (χ0n) is 13.2. The number of hydrogen-bond acceptors (Lipinski definition) is 4. The summed E-state index contributed by atoms with van der Waals surface area (Å²) in [6, 6.07) is 6.18. The van der Waals surface area contributed by atoms with Crippen LogP contribution in [0.1, 0.15) is 40.4 Å². The molecule has 0 aliphatic carbocycles. The van der Waals surface area contributed by atoms with E-state index in [1.807, 2.05) is 6.92 Å². The summed E-state index contributed by atoms with van der Waals surface area (Å²) < 4.78 is 23.9. The van der Waals surface area contributed by atoms with Crippen molar-refractivity contribution in [2.24, 2.45) is 0 Å². The van der Waals surface area contributed by atoms with E-state index in [1.54, 1.807) is 24.0 Å². The summed E-state index contributed by atoms with van der Waals surface area (Å²) in [7, 11) is 0. The van der Waals surface area contributed by atoms with Gasteiger partial charge in [-0.3, -0.25) is 4.79 Å². The normalized spacial score (nSPS) is 18.2. The SMILES string of the molecule is CCc1noc(C)c1C(=O)N1CCOC(c2ccc(F)cc2)C1. The quantitative estimate of drug-likeness (QED) is 0.873. The molecule has 1 saturated heterocycles. The smallest absolute Gasteiger partial charge is 0.259 e. The summed E-state index contributed by atoms with van der Waals surface area (Å²) in [6.45, 7) is 5.08. The summed E-state index contributed by atoms with van der Waals surface area (Å²) >= 11 is 0. The Labute approximate surface area is 134 Å². The average molecular weight is 318 g/mol. The molecule has 0 N–H and O–H groups in total. The molecule has 1 aliphatic heterocycles. The van der Waals surface area contributed by atoms with Crippen molar-refractivity contribution in [2.75, 3.05) is 19.7 Å². The molecule has 122 valence electrons. The molecule has 0 spiro atoms. The summed E-state index contributed by atoms with van der Waals surface area (Å²) in [6.07, 6.45) is 0.392. The molecule has 6 heteroatoms. The molecular formula is C17H19FN2O3. The molecule has 1 unspecified atom stereocenters. The Morgan fingerprint density at radius 1 is 1.39 bits per heavy atom. The molecule has 3 rings (SSSR count). The third-order valence-electron chi connectivity index (χ3n) is 4.08. The predicted octanol–water partition coefficient (Wildman–Crippen LogP) is 2.90. The van der Waals surface area contributed by atoms with E-state index in [1.165, 1.54) is 12.1 Å². The number of morpholine rings is 1. The molecule has 1 fully saturated rings. The first-order chi connectivity index (χ1) is 11.1. The van der Waals surface area contributed by atoms with Gasteiger partial charge in [-0.1, -0.05) is 24.2 Å².